The maximum absolute atomic E-state index is 2.73. The van der Waals surface area contributed by atoms with E-state index in [0.717, 1.165) is 19.3 Å². The van der Waals surface area contributed by atoms with E-state index in [1.807, 2.05) is 0 Å². The Bertz CT molecular complexity index is 3210. The van der Waals surface area contributed by atoms with E-state index >= 15 is 0 Å². The van der Waals surface area contributed by atoms with Gasteiger partial charge in [-0.2, -0.15) is 0 Å². The summed E-state index contributed by atoms with van der Waals surface area (Å²) in [6.07, 6.45) is 4.56. The Labute approximate surface area is 393 Å². The van der Waals surface area contributed by atoms with Gasteiger partial charge in [0.25, 0.3) is 0 Å². The number of hydrogen-bond acceptors (Lipinski definition) is 1. The zero-order valence-corrected chi connectivity index (χ0v) is 40.0. The van der Waals surface area contributed by atoms with Crippen molar-refractivity contribution in [2.45, 2.75) is 108 Å². The molecule has 12 rings (SSSR count). The summed E-state index contributed by atoms with van der Waals surface area (Å²) in [6, 6.07) is 67.8. The summed E-state index contributed by atoms with van der Waals surface area (Å²) < 4.78 is 0. The maximum Gasteiger partial charge on any atom is 0.0726 e. The standard InChI is InChI=1S/C65H61N/c1-61(2)36-38-63(5,6)58-48(29-21-33-54(58)61)50-40-49-47-28-17-20-32-53(47)65(51-30-18-15-26-45(51)46-27-16-19-31-52(46)65)56(49)41-57(50)66(43-24-13-10-14-25-43)60-44(42-22-11-9-12-23-42)34-35-55-59(60)64(7,8)39-37-62(55,3)4/h9-35,40-41H,36-39H2,1-8H3. The molecule has 0 heterocycles. The molecule has 0 bridgehead atoms. The van der Waals surface area contributed by atoms with Gasteiger partial charge in [-0.25, -0.2) is 0 Å². The fourth-order valence-electron chi connectivity index (χ4n) is 13.3. The number of anilines is 3. The SMILES string of the molecule is CC1(C)CCC(C)(C)c2c(-c3cc4c(cc3N(c3ccccc3)c3c(-c5ccccc5)ccc5c3C(C)(C)CCC5(C)C)C3(c5ccccc5-c5ccccc53)c3ccccc3-4)cccc21. The monoisotopic (exact) mass is 855 g/mol. The zero-order chi connectivity index (χ0) is 45.4. The second-order valence-electron chi connectivity index (χ2n) is 22.5. The largest absolute Gasteiger partial charge is 0.309 e. The molecule has 0 saturated heterocycles. The van der Waals surface area contributed by atoms with Crippen LogP contribution in [0.2, 0.25) is 0 Å². The molecule has 1 nitrogen and oxygen atoms in total. The molecule has 66 heavy (non-hydrogen) atoms. The van der Waals surface area contributed by atoms with Crippen molar-refractivity contribution < 1.29 is 0 Å². The number of hydrogen-bond donors (Lipinski definition) is 0. The van der Waals surface area contributed by atoms with Gasteiger partial charge < -0.3 is 4.90 Å². The van der Waals surface area contributed by atoms with Crippen molar-refractivity contribution in [2.24, 2.45) is 0 Å². The van der Waals surface area contributed by atoms with Gasteiger partial charge in [0, 0.05) is 16.8 Å². The van der Waals surface area contributed by atoms with Gasteiger partial charge in [0.1, 0.15) is 0 Å². The molecular formula is C65H61N. The molecule has 0 saturated carbocycles. The van der Waals surface area contributed by atoms with Gasteiger partial charge in [-0.15, -0.1) is 0 Å². The van der Waals surface area contributed by atoms with E-state index in [0.29, 0.717) is 0 Å². The first-order valence-electron chi connectivity index (χ1n) is 24.4. The summed E-state index contributed by atoms with van der Waals surface area (Å²) in [7, 11) is 0. The number of fused-ring (bicyclic) bond motifs is 12. The third-order valence-electron chi connectivity index (χ3n) is 16.8. The van der Waals surface area contributed by atoms with Crippen LogP contribution in [0.15, 0.2) is 176 Å². The molecule has 0 unspecified atom stereocenters. The van der Waals surface area contributed by atoms with Crippen LogP contribution in [0.3, 0.4) is 0 Å². The Morgan fingerprint density at radius 2 is 0.773 bits per heavy atom. The summed E-state index contributed by atoms with van der Waals surface area (Å²) in [6.45, 7) is 19.9. The van der Waals surface area contributed by atoms with Gasteiger partial charge in [0.05, 0.1) is 16.8 Å². The van der Waals surface area contributed by atoms with Crippen molar-refractivity contribution in [3.05, 3.63) is 220 Å². The van der Waals surface area contributed by atoms with Crippen LogP contribution >= 0.6 is 0 Å². The topological polar surface area (TPSA) is 3.24 Å². The molecule has 8 aromatic carbocycles. The summed E-state index contributed by atoms with van der Waals surface area (Å²) in [5, 5.41) is 0. The molecule has 1 heteroatoms. The second-order valence-corrected chi connectivity index (χ2v) is 22.5. The molecule has 0 N–H and O–H groups in total. The summed E-state index contributed by atoms with van der Waals surface area (Å²) >= 11 is 0. The lowest BCUT2D eigenvalue weighted by Crippen LogP contribution is -2.36. The van der Waals surface area contributed by atoms with E-state index in [-0.39, 0.29) is 21.7 Å². The zero-order valence-electron chi connectivity index (χ0n) is 40.0. The number of nitrogens with zero attached hydrogens (tertiary/aromatic N) is 1. The fourth-order valence-corrected chi connectivity index (χ4v) is 13.3. The minimum atomic E-state index is -0.494. The highest BCUT2D eigenvalue weighted by molar-refractivity contribution is 6.02. The molecule has 4 aliphatic carbocycles. The van der Waals surface area contributed by atoms with Gasteiger partial charge in [0.15, 0.2) is 0 Å². The highest BCUT2D eigenvalue weighted by atomic mass is 15.2. The van der Waals surface area contributed by atoms with Gasteiger partial charge in [-0.1, -0.05) is 207 Å². The molecule has 0 atom stereocenters. The highest BCUT2D eigenvalue weighted by Gasteiger charge is 2.53. The minimum absolute atomic E-state index is 0.00895. The molecule has 0 amide bonds. The lowest BCUT2D eigenvalue weighted by Gasteiger charge is -2.46. The van der Waals surface area contributed by atoms with Crippen molar-refractivity contribution in [3.8, 4) is 44.5 Å². The maximum atomic E-state index is 2.73. The minimum Gasteiger partial charge on any atom is -0.309 e. The molecule has 0 fully saturated rings. The molecule has 1 spiro atoms. The third kappa shape index (κ3) is 5.71. The lowest BCUT2D eigenvalue weighted by molar-refractivity contribution is 0.332. The quantitative estimate of drug-likeness (QED) is 0.167. The summed E-state index contributed by atoms with van der Waals surface area (Å²) in [4.78, 5) is 2.73. The van der Waals surface area contributed by atoms with E-state index < -0.39 is 5.41 Å². The number of rotatable bonds is 5. The van der Waals surface area contributed by atoms with Crippen LogP contribution in [0, 0.1) is 0 Å². The summed E-state index contributed by atoms with van der Waals surface area (Å²) in [5.74, 6) is 0. The Balaban J connectivity index is 1.29. The van der Waals surface area contributed by atoms with Gasteiger partial charge in [-0.3, -0.25) is 0 Å². The lowest BCUT2D eigenvalue weighted by atomic mass is 9.61. The first kappa shape index (κ1) is 41.0. The Kier molecular flexibility index (Phi) is 8.88. The van der Waals surface area contributed by atoms with Crippen LogP contribution in [0.5, 0.6) is 0 Å². The Hall–Kier alpha value is -6.44. The van der Waals surface area contributed by atoms with E-state index in [2.05, 4.69) is 236 Å². The predicted molar refractivity (Wildman–Crippen MR) is 279 cm³/mol. The number of para-hydroxylation sites is 1. The van der Waals surface area contributed by atoms with Crippen LogP contribution in [0.25, 0.3) is 44.5 Å². The molecule has 4 aliphatic rings. The highest BCUT2D eigenvalue weighted by Crippen LogP contribution is 2.65. The normalized spacial score (nSPS) is 18.1. The average molecular weight is 856 g/mol. The van der Waals surface area contributed by atoms with Crippen LogP contribution < -0.4 is 4.90 Å². The molecular weight excluding hydrogens is 795 g/mol. The van der Waals surface area contributed by atoms with Crippen molar-refractivity contribution in [1.82, 2.24) is 0 Å². The molecule has 8 aromatic rings. The van der Waals surface area contributed by atoms with Gasteiger partial charge in [0.2, 0.25) is 0 Å². The first-order valence-corrected chi connectivity index (χ1v) is 24.4. The number of benzene rings is 8. The Morgan fingerprint density at radius 3 is 1.36 bits per heavy atom. The van der Waals surface area contributed by atoms with Crippen LogP contribution in [0.1, 0.15) is 126 Å². The average Bonchev–Trinajstić information content (AvgIpc) is 3.79. The van der Waals surface area contributed by atoms with E-state index in [9.17, 15) is 0 Å². The van der Waals surface area contributed by atoms with Crippen LogP contribution in [-0.2, 0) is 27.1 Å². The van der Waals surface area contributed by atoms with Crippen molar-refractivity contribution >= 4 is 17.1 Å². The molecule has 0 aromatic heterocycles. The summed E-state index contributed by atoms with van der Waals surface area (Å²) in [5.41, 5.74) is 25.0. The molecule has 0 aliphatic heterocycles. The smallest absolute Gasteiger partial charge is 0.0726 e. The predicted octanol–water partition coefficient (Wildman–Crippen LogP) is 17.5. The van der Waals surface area contributed by atoms with Crippen LogP contribution in [-0.4, -0.2) is 0 Å². The van der Waals surface area contributed by atoms with E-state index in [1.54, 1.807) is 0 Å². The van der Waals surface area contributed by atoms with Crippen molar-refractivity contribution in [1.29, 1.82) is 0 Å². The van der Waals surface area contributed by atoms with Crippen molar-refractivity contribution in [2.75, 3.05) is 4.90 Å². The van der Waals surface area contributed by atoms with Crippen molar-refractivity contribution in [3.63, 3.8) is 0 Å². The van der Waals surface area contributed by atoms with Crippen LogP contribution in [0.4, 0.5) is 17.1 Å². The van der Waals surface area contributed by atoms with Gasteiger partial charge >= 0.3 is 0 Å². The fraction of sp³-hybridized carbons (Fsp3) is 0.262. The Morgan fingerprint density at radius 1 is 0.318 bits per heavy atom. The van der Waals surface area contributed by atoms with E-state index in [4.69, 9.17) is 0 Å². The first-order chi connectivity index (χ1) is 31.7. The molecule has 0 radical (unpaired) electrons. The second kappa shape index (κ2) is 14.3. The third-order valence-corrected chi connectivity index (χ3v) is 16.8. The van der Waals surface area contributed by atoms with E-state index in [1.165, 1.54) is 112 Å². The molecule has 326 valence electrons. The van der Waals surface area contributed by atoms with Gasteiger partial charge in [-0.05, 0) is 149 Å².